The molecule has 6 nitrogen and oxygen atoms in total. The van der Waals surface area contributed by atoms with E-state index in [9.17, 15) is 14.7 Å². The smallest absolute Gasteiger partial charge is 0.326 e. The van der Waals surface area contributed by atoms with Crippen molar-refractivity contribution in [2.45, 2.75) is 19.1 Å². The Balaban J connectivity index is 1.22. The first-order valence-corrected chi connectivity index (χ1v) is 13.8. The molecule has 0 amide bonds. The van der Waals surface area contributed by atoms with Gasteiger partial charge in [-0.3, -0.25) is 4.79 Å². The van der Waals surface area contributed by atoms with E-state index in [2.05, 4.69) is 10.3 Å². The van der Waals surface area contributed by atoms with Gasteiger partial charge in [-0.25, -0.2) is 9.78 Å². The number of carbonyl (C=O) groups is 2. The van der Waals surface area contributed by atoms with Crippen molar-refractivity contribution in [1.82, 2.24) is 4.98 Å². The van der Waals surface area contributed by atoms with Crippen molar-refractivity contribution in [3.63, 3.8) is 0 Å². The van der Waals surface area contributed by atoms with Gasteiger partial charge in [0, 0.05) is 39.2 Å². The molecule has 1 atom stereocenters. The van der Waals surface area contributed by atoms with E-state index < -0.39 is 12.0 Å². The molecule has 0 aliphatic heterocycles. The number of carboxylic acid groups (broad SMARTS) is 1. The summed E-state index contributed by atoms with van der Waals surface area (Å²) in [5, 5.41) is 16.5. The van der Waals surface area contributed by atoms with Gasteiger partial charge in [-0.1, -0.05) is 78.3 Å². The molecule has 40 heavy (non-hydrogen) atoms. The average molecular weight is 569 g/mol. The average Bonchev–Trinajstić information content (AvgIpc) is 3.46. The van der Waals surface area contributed by atoms with E-state index in [1.165, 1.54) is 11.3 Å². The molecule has 200 valence electrons. The highest BCUT2D eigenvalue weighted by Crippen LogP contribution is 2.26. The summed E-state index contributed by atoms with van der Waals surface area (Å²) < 4.78 is 5.90. The van der Waals surface area contributed by atoms with Gasteiger partial charge in [0.2, 0.25) is 0 Å². The number of aromatic nitrogens is 1. The second-order valence-corrected chi connectivity index (χ2v) is 10.4. The lowest BCUT2D eigenvalue weighted by Crippen LogP contribution is -2.32. The van der Waals surface area contributed by atoms with Crippen molar-refractivity contribution in [1.29, 1.82) is 0 Å². The van der Waals surface area contributed by atoms with E-state index >= 15 is 0 Å². The van der Waals surface area contributed by atoms with Crippen LogP contribution >= 0.6 is 22.9 Å². The summed E-state index contributed by atoms with van der Waals surface area (Å²) in [5.41, 5.74) is 4.07. The molecule has 0 bridgehead atoms. The number of rotatable bonds is 11. The molecule has 0 aliphatic carbocycles. The summed E-state index contributed by atoms with van der Waals surface area (Å²) in [7, 11) is 0. The topological polar surface area (TPSA) is 88.5 Å². The largest absolute Gasteiger partial charge is 0.487 e. The Morgan fingerprint density at radius 3 is 2.33 bits per heavy atom. The molecule has 0 fully saturated rings. The van der Waals surface area contributed by atoms with Crippen molar-refractivity contribution in [3.05, 3.63) is 136 Å². The van der Waals surface area contributed by atoms with Gasteiger partial charge in [-0.2, -0.15) is 0 Å². The number of hydrogen-bond donors (Lipinski definition) is 2. The molecule has 1 heterocycles. The summed E-state index contributed by atoms with van der Waals surface area (Å²) in [6.07, 6.45) is 0.222. The van der Waals surface area contributed by atoms with Crippen LogP contribution in [0.25, 0.3) is 10.6 Å². The van der Waals surface area contributed by atoms with Crippen LogP contribution in [0.3, 0.4) is 0 Å². The van der Waals surface area contributed by atoms with Crippen LogP contribution in [0.5, 0.6) is 5.75 Å². The van der Waals surface area contributed by atoms with Gasteiger partial charge in [0.1, 0.15) is 23.4 Å². The SMILES string of the molecule is O=C(c1ccccc1)c1ccccc1NC(Cc1ccc(OCc2csc(-c3ccc(Cl)cc3)n2)cc1)C(=O)O. The molecule has 0 spiro atoms. The zero-order valence-electron chi connectivity index (χ0n) is 21.3. The summed E-state index contributed by atoms with van der Waals surface area (Å²) in [4.78, 5) is 29.8. The Hall–Kier alpha value is -4.46. The predicted molar refractivity (Wildman–Crippen MR) is 158 cm³/mol. The molecule has 1 unspecified atom stereocenters. The van der Waals surface area contributed by atoms with E-state index in [4.69, 9.17) is 16.3 Å². The summed E-state index contributed by atoms with van der Waals surface area (Å²) >= 11 is 7.51. The number of para-hydroxylation sites is 1. The first kappa shape index (κ1) is 27.1. The highest BCUT2D eigenvalue weighted by atomic mass is 35.5. The number of carboxylic acids is 1. The maximum atomic E-state index is 13.1. The number of thiazole rings is 1. The summed E-state index contributed by atoms with van der Waals surface area (Å²) in [6, 6.07) is 29.8. The van der Waals surface area contributed by atoms with Gasteiger partial charge >= 0.3 is 5.97 Å². The zero-order chi connectivity index (χ0) is 27.9. The third kappa shape index (κ3) is 6.75. The minimum absolute atomic E-state index is 0.172. The minimum atomic E-state index is -1.01. The maximum Gasteiger partial charge on any atom is 0.326 e. The van der Waals surface area contributed by atoms with Crippen LogP contribution < -0.4 is 10.1 Å². The van der Waals surface area contributed by atoms with Crippen molar-refractivity contribution in [2.75, 3.05) is 5.32 Å². The van der Waals surface area contributed by atoms with Crippen LogP contribution in [0.4, 0.5) is 5.69 Å². The number of hydrogen-bond acceptors (Lipinski definition) is 6. The standard InChI is InChI=1S/C32H25ClN2O4S/c33-24-14-12-23(13-15-24)31-34-25(20-40-31)19-39-26-16-10-21(11-17-26)18-29(32(37)38)35-28-9-5-4-8-27(28)30(36)22-6-2-1-3-7-22/h1-17,20,29,35H,18-19H2,(H,37,38). The lowest BCUT2D eigenvalue weighted by atomic mass is 10.00. The molecule has 4 aromatic carbocycles. The minimum Gasteiger partial charge on any atom is -0.487 e. The van der Waals surface area contributed by atoms with E-state index in [1.54, 1.807) is 48.5 Å². The molecule has 0 saturated heterocycles. The Morgan fingerprint density at radius 2 is 1.60 bits per heavy atom. The molecule has 2 N–H and O–H groups in total. The van der Waals surface area contributed by atoms with Gasteiger partial charge in [0.25, 0.3) is 0 Å². The fraction of sp³-hybridized carbons (Fsp3) is 0.0938. The monoisotopic (exact) mass is 568 g/mol. The maximum absolute atomic E-state index is 13.1. The van der Waals surface area contributed by atoms with E-state index in [0.29, 0.717) is 34.2 Å². The number of benzene rings is 4. The number of aliphatic carboxylic acids is 1. The van der Waals surface area contributed by atoms with Crippen LogP contribution in [0.2, 0.25) is 5.02 Å². The molecule has 5 rings (SSSR count). The normalized spacial score (nSPS) is 11.5. The Bertz CT molecular complexity index is 1600. The van der Waals surface area contributed by atoms with Gasteiger partial charge in [0.15, 0.2) is 5.78 Å². The number of nitrogens with zero attached hydrogens (tertiary/aromatic N) is 1. The van der Waals surface area contributed by atoms with E-state index in [-0.39, 0.29) is 12.2 Å². The summed E-state index contributed by atoms with van der Waals surface area (Å²) in [6.45, 7) is 0.314. The molecule has 5 aromatic rings. The Labute approximate surface area is 240 Å². The fourth-order valence-corrected chi connectivity index (χ4v) is 5.09. The molecular weight excluding hydrogens is 544 g/mol. The van der Waals surface area contributed by atoms with Crippen LogP contribution in [0, 0.1) is 0 Å². The highest BCUT2D eigenvalue weighted by molar-refractivity contribution is 7.13. The van der Waals surface area contributed by atoms with E-state index in [1.807, 2.05) is 60.0 Å². The lowest BCUT2D eigenvalue weighted by molar-refractivity contribution is -0.137. The predicted octanol–water partition coefficient (Wildman–Crippen LogP) is 7.38. The molecule has 0 saturated carbocycles. The third-order valence-corrected chi connectivity index (χ3v) is 7.42. The number of halogens is 1. The molecule has 0 radical (unpaired) electrons. The van der Waals surface area contributed by atoms with Crippen LogP contribution in [-0.2, 0) is 17.8 Å². The van der Waals surface area contributed by atoms with Crippen LogP contribution in [-0.4, -0.2) is 27.9 Å². The number of ether oxygens (including phenoxy) is 1. The number of ketones is 1. The van der Waals surface area contributed by atoms with Gasteiger partial charge in [-0.15, -0.1) is 11.3 Å². The number of anilines is 1. The Morgan fingerprint density at radius 1 is 0.900 bits per heavy atom. The number of carbonyl (C=O) groups excluding carboxylic acids is 1. The number of nitrogens with one attached hydrogen (secondary N) is 1. The van der Waals surface area contributed by atoms with Gasteiger partial charge in [-0.05, 0) is 42.0 Å². The quantitative estimate of drug-likeness (QED) is 0.162. The van der Waals surface area contributed by atoms with Crippen LogP contribution in [0.15, 0.2) is 109 Å². The van der Waals surface area contributed by atoms with Crippen molar-refractivity contribution in [3.8, 4) is 16.3 Å². The molecule has 0 aliphatic rings. The van der Waals surface area contributed by atoms with E-state index in [0.717, 1.165) is 21.8 Å². The zero-order valence-corrected chi connectivity index (χ0v) is 22.9. The lowest BCUT2D eigenvalue weighted by Gasteiger charge is -2.18. The van der Waals surface area contributed by atoms with Crippen molar-refractivity contribution >= 4 is 40.4 Å². The first-order valence-electron chi connectivity index (χ1n) is 12.6. The Kier molecular flexibility index (Phi) is 8.54. The first-order chi connectivity index (χ1) is 19.5. The van der Waals surface area contributed by atoms with Crippen LogP contribution in [0.1, 0.15) is 27.2 Å². The third-order valence-electron chi connectivity index (χ3n) is 6.23. The molecule has 1 aromatic heterocycles. The highest BCUT2D eigenvalue weighted by Gasteiger charge is 2.21. The van der Waals surface area contributed by atoms with Gasteiger partial charge in [0.05, 0.1) is 5.69 Å². The van der Waals surface area contributed by atoms with Crippen molar-refractivity contribution in [2.24, 2.45) is 0 Å². The molecular formula is C32H25ClN2O4S. The molecule has 8 heteroatoms. The fourth-order valence-electron chi connectivity index (χ4n) is 4.15. The van der Waals surface area contributed by atoms with Gasteiger partial charge < -0.3 is 15.2 Å². The van der Waals surface area contributed by atoms with Crippen molar-refractivity contribution < 1.29 is 19.4 Å². The second-order valence-electron chi connectivity index (χ2n) is 9.06. The second kappa shape index (κ2) is 12.6. The summed E-state index contributed by atoms with van der Waals surface area (Å²) in [5.74, 6) is -0.527.